The van der Waals surface area contributed by atoms with Gasteiger partial charge in [0.25, 0.3) is 0 Å². The number of aryl methyl sites for hydroxylation is 1. The van der Waals surface area contributed by atoms with Crippen LogP contribution in [0.3, 0.4) is 0 Å². The highest BCUT2D eigenvalue weighted by molar-refractivity contribution is 5.70. The maximum absolute atomic E-state index is 5.30. The Hall–Kier alpha value is -2.02. The summed E-state index contributed by atoms with van der Waals surface area (Å²) in [7, 11) is 1.70. The van der Waals surface area contributed by atoms with Crippen LogP contribution in [0, 0.1) is 6.92 Å². The van der Waals surface area contributed by atoms with E-state index < -0.39 is 0 Å². The minimum atomic E-state index is 0.931. The Balaban J connectivity index is 2.22. The summed E-state index contributed by atoms with van der Waals surface area (Å²) < 4.78 is 5.30. The average Bonchev–Trinajstić information content (AvgIpc) is 2.39. The Morgan fingerprint density at radius 2 is 1.59 bits per heavy atom. The molecule has 2 aromatic carbocycles. The van der Waals surface area contributed by atoms with Crippen LogP contribution in [0.1, 0.15) is 16.7 Å². The molecule has 0 radical (unpaired) electrons. The van der Waals surface area contributed by atoms with Gasteiger partial charge in [-0.25, -0.2) is 0 Å². The van der Waals surface area contributed by atoms with Gasteiger partial charge in [-0.05, 0) is 29.7 Å². The summed E-state index contributed by atoms with van der Waals surface area (Å²) in [6, 6.07) is 16.5. The van der Waals surface area contributed by atoms with Crippen LogP contribution in [0.4, 0.5) is 0 Å². The van der Waals surface area contributed by atoms with Gasteiger partial charge in [-0.2, -0.15) is 0 Å². The van der Waals surface area contributed by atoms with Gasteiger partial charge in [-0.3, -0.25) is 0 Å². The summed E-state index contributed by atoms with van der Waals surface area (Å²) in [5, 5.41) is 0. The third kappa shape index (κ3) is 2.97. The summed E-state index contributed by atoms with van der Waals surface area (Å²) in [5.41, 5.74) is 3.51. The van der Waals surface area contributed by atoms with Crippen LogP contribution in [0.25, 0.3) is 12.2 Å². The molecule has 1 heteroatoms. The van der Waals surface area contributed by atoms with Gasteiger partial charge < -0.3 is 4.74 Å². The molecule has 17 heavy (non-hydrogen) atoms. The van der Waals surface area contributed by atoms with Crippen molar-refractivity contribution in [3.05, 3.63) is 65.2 Å². The van der Waals surface area contributed by atoms with Gasteiger partial charge in [-0.1, -0.05) is 54.6 Å². The van der Waals surface area contributed by atoms with Crippen molar-refractivity contribution >= 4 is 12.2 Å². The van der Waals surface area contributed by atoms with E-state index in [9.17, 15) is 0 Å². The van der Waals surface area contributed by atoms with Crippen molar-refractivity contribution in [3.63, 3.8) is 0 Å². The van der Waals surface area contributed by atoms with Crippen LogP contribution < -0.4 is 4.74 Å². The fourth-order valence-corrected chi connectivity index (χ4v) is 1.70. The summed E-state index contributed by atoms with van der Waals surface area (Å²) in [6.45, 7) is 2.05. The van der Waals surface area contributed by atoms with Crippen LogP contribution in [-0.2, 0) is 0 Å². The molecule has 2 rings (SSSR count). The molecule has 0 bridgehead atoms. The van der Waals surface area contributed by atoms with Gasteiger partial charge in [-0.15, -0.1) is 0 Å². The molecule has 0 N–H and O–H groups in total. The van der Waals surface area contributed by atoms with Gasteiger partial charge in [0.15, 0.2) is 0 Å². The van der Waals surface area contributed by atoms with Crippen LogP contribution in [0.2, 0.25) is 0 Å². The second-order valence-corrected chi connectivity index (χ2v) is 3.97. The first kappa shape index (κ1) is 11.5. The number of ether oxygens (including phenoxy) is 1. The summed E-state index contributed by atoms with van der Waals surface area (Å²) in [4.78, 5) is 0. The maximum atomic E-state index is 5.30. The van der Waals surface area contributed by atoms with E-state index in [4.69, 9.17) is 4.74 Å². The molecular weight excluding hydrogens is 208 g/mol. The molecule has 0 aliphatic rings. The third-order valence-electron chi connectivity index (χ3n) is 2.70. The first-order valence-corrected chi connectivity index (χ1v) is 5.67. The fourth-order valence-electron chi connectivity index (χ4n) is 1.70. The summed E-state index contributed by atoms with van der Waals surface area (Å²) >= 11 is 0. The minimum Gasteiger partial charge on any atom is -0.496 e. The zero-order valence-electron chi connectivity index (χ0n) is 10.2. The van der Waals surface area contributed by atoms with Gasteiger partial charge >= 0.3 is 0 Å². The van der Waals surface area contributed by atoms with Crippen LogP contribution in [0.5, 0.6) is 5.75 Å². The molecule has 0 saturated heterocycles. The topological polar surface area (TPSA) is 9.23 Å². The lowest BCUT2D eigenvalue weighted by molar-refractivity contribution is 0.411. The zero-order chi connectivity index (χ0) is 12.1. The van der Waals surface area contributed by atoms with Crippen molar-refractivity contribution in [1.82, 2.24) is 0 Å². The Kier molecular flexibility index (Phi) is 3.61. The number of methoxy groups -OCH3 is 1. The Morgan fingerprint density at radius 1 is 0.882 bits per heavy atom. The Labute approximate surface area is 102 Å². The standard InChI is InChI=1S/C16H16O/c1-13-8-9-15(12-16(13)17-2)11-10-14-6-4-3-5-7-14/h3-12H,1-2H3/b11-10-. The highest BCUT2D eigenvalue weighted by atomic mass is 16.5. The molecule has 0 aliphatic heterocycles. The highest BCUT2D eigenvalue weighted by Crippen LogP contribution is 2.20. The molecule has 0 spiro atoms. The molecule has 0 fully saturated rings. The normalized spacial score (nSPS) is 10.7. The van der Waals surface area contributed by atoms with Crippen LogP contribution in [-0.4, -0.2) is 7.11 Å². The quantitative estimate of drug-likeness (QED) is 0.711. The minimum absolute atomic E-state index is 0.931. The number of benzene rings is 2. The smallest absolute Gasteiger partial charge is 0.122 e. The molecule has 0 heterocycles. The lowest BCUT2D eigenvalue weighted by atomic mass is 10.1. The maximum Gasteiger partial charge on any atom is 0.122 e. The molecule has 1 nitrogen and oxygen atoms in total. The lowest BCUT2D eigenvalue weighted by Crippen LogP contribution is -1.87. The van der Waals surface area contributed by atoms with Crippen molar-refractivity contribution in [2.24, 2.45) is 0 Å². The highest BCUT2D eigenvalue weighted by Gasteiger charge is 1.97. The van der Waals surface area contributed by atoms with E-state index in [0.29, 0.717) is 0 Å². The zero-order valence-corrected chi connectivity index (χ0v) is 10.2. The van der Waals surface area contributed by atoms with E-state index in [1.807, 2.05) is 25.1 Å². The second kappa shape index (κ2) is 5.35. The Bertz CT molecular complexity index is 512. The van der Waals surface area contributed by atoms with Crippen LogP contribution >= 0.6 is 0 Å². The van der Waals surface area contributed by atoms with E-state index in [1.165, 1.54) is 5.56 Å². The van der Waals surface area contributed by atoms with E-state index in [-0.39, 0.29) is 0 Å². The number of hydrogen-bond acceptors (Lipinski definition) is 1. The van der Waals surface area contributed by atoms with Crippen molar-refractivity contribution in [2.45, 2.75) is 6.92 Å². The van der Waals surface area contributed by atoms with Crippen molar-refractivity contribution in [1.29, 1.82) is 0 Å². The summed E-state index contributed by atoms with van der Waals surface area (Å²) in [6.07, 6.45) is 4.20. The third-order valence-corrected chi connectivity index (χ3v) is 2.70. The van der Waals surface area contributed by atoms with E-state index in [0.717, 1.165) is 16.9 Å². The van der Waals surface area contributed by atoms with E-state index in [1.54, 1.807) is 7.11 Å². The lowest BCUT2D eigenvalue weighted by Gasteiger charge is -2.04. The van der Waals surface area contributed by atoms with Crippen molar-refractivity contribution in [3.8, 4) is 5.75 Å². The molecule has 86 valence electrons. The molecule has 0 aliphatic carbocycles. The molecule has 2 aromatic rings. The predicted molar refractivity (Wildman–Crippen MR) is 73.1 cm³/mol. The predicted octanol–water partition coefficient (Wildman–Crippen LogP) is 4.17. The summed E-state index contributed by atoms with van der Waals surface area (Å²) in [5.74, 6) is 0.931. The van der Waals surface area contributed by atoms with Gasteiger partial charge in [0, 0.05) is 0 Å². The van der Waals surface area contributed by atoms with Crippen molar-refractivity contribution in [2.75, 3.05) is 7.11 Å². The molecule has 0 saturated carbocycles. The molecular formula is C16H16O. The fraction of sp³-hybridized carbons (Fsp3) is 0.125. The number of hydrogen-bond donors (Lipinski definition) is 0. The van der Waals surface area contributed by atoms with E-state index in [2.05, 4.69) is 42.5 Å². The molecule has 0 atom stereocenters. The average molecular weight is 224 g/mol. The SMILES string of the molecule is COc1cc(/C=C\c2ccccc2)ccc1C. The van der Waals surface area contributed by atoms with E-state index >= 15 is 0 Å². The van der Waals surface area contributed by atoms with Gasteiger partial charge in [0.2, 0.25) is 0 Å². The van der Waals surface area contributed by atoms with Gasteiger partial charge in [0.1, 0.15) is 5.75 Å². The Morgan fingerprint density at radius 3 is 2.29 bits per heavy atom. The monoisotopic (exact) mass is 224 g/mol. The largest absolute Gasteiger partial charge is 0.496 e. The molecule has 0 aromatic heterocycles. The van der Waals surface area contributed by atoms with Crippen molar-refractivity contribution < 1.29 is 4.74 Å². The first-order chi connectivity index (χ1) is 8.29. The molecule has 0 amide bonds. The first-order valence-electron chi connectivity index (χ1n) is 5.67. The number of rotatable bonds is 3. The molecule has 0 unspecified atom stereocenters. The second-order valence-electron chi connectivity index (χ2n) is 3.97. The van der Waals surface area contributed by atoms with Gasteiger partial charge in [0.05, 0.1) is 7.11 Å². The van der Waals surface area contributed by atoms with Crippen LogP contribution in [0.15, 0.2) is 48.5 Å².